The Labute approximate surface area is 160 Å². The Hall–Kier alpha value is -2.92. The van der Waals surface area contributed by atoms with Gasteiger partial charge in [-0.1, -0.05) is 55.5 Å². The van der Waals surface area contributed by atoms with Crippen molar-refractivity contribution in [3.8, 4) is 5.75 Å². The normalized spacial score (nSPS) is 12.0. The maximum absolute atomic E-state index is 12.8. The molecule has 0 saturated heterocycles. The Morgan fingerprint density at radius 2 is 1.56 bits per heavy atom. The van der Waals surface area contributed by atoms with Gasteiger partial charge in [-0.2, -0.15) is 8.42 Å². The number of nitrogens with zero attached hydrogens (tertiary/aromatic N) is 1. The summed E-state index contributed by atoms with van der Waals surface area (Å²) in [6, 6.07) is 23.1. The lowest BCUT2D eigenvalue weighted by atomic mass is 10.1. The fraction of sp³-hybridized carbons (Fsp3) is 0.136. The molecule has 0 atom stereocenters. The molecule has 3 aromatic rings. The predicted molar refractivity (Wildman–Crippen MR) is 108 cm³/mol. The molecular weight excluding hydrogens is 358 g/mol. The first-order chi connectivity index (χ1) is 13.0. The van der Waals surface area contributed by atoms with Gasteiger partial charge in [0.2, 0.25) is 5.90 Å². The highest BCUT2D eigenvalue weighted by molar-refractivity contribution is 7.90. The number of aryl methyl sites for hydroxylation is 2. The minimum atomic E-state index is -3.89. The van der Waals surface area contributed by atoms with Crippen molar-refractivity contribution >= 4 is 15.9 Å². The van der Waals surface area contributed by atoms with E-state index in [-0.39, 0.29) is 10.8 Å². The molecule has 5 heteroatoms. The Kier molecular flexibility index (Phi) is 5.72. The molecule has 0 unspecified atom stereocenters. The predicted octanol–water partition coefficient (Wildman–Crippen LogP) is 4.77. The zero-order chi connectivity index (χ0) is 19.3. The molecule has 3 rings (SSSR count). The number of sulfonamides is 1. The fourth-order valence-corrected chi connectivity index (χ4v) is 3.59. The van der Waals surface area contributed by atoms with Gasteiger partial charge in [0.15, 0.2) is 0 Å². The van der Waals surface area contributed by atoms with Gasteiger partial charge in [0.05, 0.1) is 4.90 Å². The fourth-order valence-electron chi connectivity index (χ4n) is 2.62. The Morgan fingerprint density at radius 1 is 0.926 bits per heavy atom. The van der Waals surface area contributed by atoms with Crippen LogP contribution in [0.5, 0.6) is 5.75 Å². The molecule has 0 heterocycles. The molecule has 0 N–H and O–H groups in total. The van der Waals surface area contributed by atoms with E-state index in [9.17, 15) is 8.42 Å². The van der Waals surface area contributed by atoms with Crippen molar-refractivity contribution in [2.75, 3.05) is 0 Å². The highest BCUT2D eigenvalue weighted by Gasteiger charge is 2.17. The molecule has 27 heavy (non-hydrogen) atoms. The van der Waals surface area contributed by atoms with Gasteiger partial charge in [-0.05, 0) is 54.8 Å². The lowest BCUT2D eigenvalue weighted by Crippen LogP contribution is -2.14. The lowest BCUT2D eigenvalue weighted by molar-refractivity contribution is 0.543. The smallest absolute Gasteiger partial charge is 0.285 e. The molecule has 0 fully saturated rings. The van der Waals surface area contributed by atoms with Gasteiger partial charge in [-0.3, -0.25) is 0 Å². The van der Waals surface area contributed by atoms with E-state index in [4.69, 9.17) is 4.74 Å². The topological polar surface area (TPSA) is 55.7 Å². The first kappa shape index (κ1) is 18.9. The maximum atomic E-state index is 12.8. The van der Waals surface area contributed by atoms with Crippen LogP contribution in [0.15, 0.2) is 88.2 Å². The van der Waals surface area contributed by atoms with Crippen LogP contribution in [-0.2, 0) is 16.4 Å². The zero-order valence-electron chi connectivity index (χ0n) is 15.3. The van der Waals surface area contributed by atoms with Crippen molar-refractivity contribution in [2.45, 2.75) is 25.2 Å². The second kappa shape index (κ2) is 8.18. The molecule has 0 radical (unpaired) electrons. The van der Waals surface area contributed by atoms with Crippen LogP contribution in [0.1, 0.15) is 23.6 Å². The lowest BCUT2D eigenvalue weighted by Gasteiger charge is -2.13. The molecule has 0 aromatic heterocycles. The van der Waals surface area contributed by atoms with Crippen molar-refractivity contribution in [2.24, 2.45) is 4.40 Å². The SMILES string of the molecule is CCc1ccc(C)cc1OC(=NS(=O)(=O)c1ccccc1)c1ccccc1. The van der Waals surface area contributed by atoms with E-state index in [0.717, 1.165) is 17.5 Å². The van der Waals surface area contributed by atoms with E-state index in [0.29, 0.717) is 11.3 Å². The van der Waals surface area contributed by atoms with Gasteiger partial charge < -0.3 is 4.74 Å². The van der Waals surface area contributed by atoms with Crippen LogP contribution in [0.4, 0.5) is 0 Å². The summed E-state index contributed by atoms with van der Waals surface area (Å²) in [5, 5.41) is 0. The first-order valence-corrected chi connectivity index (χ1v) is 10.2. The summed E-state index contributed by atoms with van der Waals surface area (Å²) in [6.07, 6.45) is 0.767. The molecule has 0 spiro atoms. The van der Waals surface area contributed by atoms with Crippen LogP contribution in [0.3, 0.4) is 0 Å². The summed E-state index contributed by atoms with van der Waals surface area (Å²) >= 11 is 0. The minimum absolute atomic E-state index is 0.0553. The Balaban J connectivity index is 2.10. The number of benzene rings is 3. The summed E-state index contributed by atoms with van der Waals surface area (Å²) in [4.78, 5) is 0.127. The first-order valence-electron chi connectivity index (χ1n) is 8.72. The van der Waals surface area contributed by atoms with Crippen LogP contribution >= 0.6 is 0 Å². The van der Waals surface area contributed by atoms with Gasteiger partial charge in [0, 0.05) is 5.56 Å². The summed E-state index contributed by atoms with van der Waals surface area (Å²) < 4.78 is 35.6. The number of ether oxygens (including phenoxy) is 1. The number of hydrogen-bond donors (Lipinski definition) is 0. The highest BCUT2D eigenvalue weighted by Crippen LogP contribution is 2.23. The quantitative estimate of drug-likeness (QED) is 0.474. The number of hydrogen-bond acceptors (Lipinski definition) is 3. The molecule has 138 valence electrons. The van der Waals surface area contributed by atoms with Gasteiger partial charge in [0.25, 0.3) is 10.0 Å². The maximum Gasteiger partial charge on any atom is 0.285 e. The van der Waals surface area contributed by atoms with E-state index < -0.39 is 10.0 Å². The molecule has 4 nitrogen and oxygen atoms in total. The average Bonchev–Trinajstić information content (AvgIpc) is 2.69. The molecule has 0 saturated carbocycles. The number of rotatable bonds is 5. The van der Waals surface area contributed by atoms with Crippen LogP contribution in [0, 0.1) is 6.92 Å². The summed E-state index contributed by atoms with van der Waals surface area (Å²) in [5.41, 5.74) is 2.61. The third-order valence-electron chi connectivity index (χ3n) is 4.08. The van der Waals surface area contributed by atoms with E-state index in [2.05, 4.69) is 4.40 Å². The van der Waals surface area contributed by atoms with E-state index in [1.54, 1.807) is 30.3 Å². The Bertz CT molecular complexity index is 1040. The van der Waals surface area contributed by atoms with E-state index in [1.165, 1.54) is 12.1 Å². The summed E-state index contributed by atoms with van der Waals surface area (Å²) in [6.45, 7) is 3.99. The second-order valence-electron chi connectivity index (χ2n) is 6.12. The van der Waals surface area contributed by atoms with E-state index in [1.807, 2.05) is 50.2 Å². The highest BCUT2D eigenvalue weighted by atomic mass is 32.2. The van der Waals surface area contributed by atoms with Gasteiger partial charge in [0.1, 0.15) is 5.75 Å². The van der Waals surface area contributed by atoms with Gasteiger partial charge in [-0.15, -0.1) is 4.40 Å². The van der Waals surface area contributed by atoms with Crippen LogP contribution in [0.2, 0.25) is 0 Å². The van der Waals surface area contributed by atoms with E-state index >= 15 is 0 Å². The molecular formula is C22H21NO3S. The van der Waals surface area contributed by atoms with Crippen molar-refractivity contribution in [3.05, 3.63) is 95.6 Å². The van der Waals surface area contributed by atoms with Gasteiger partial charge in [-0.25, -0.2) is 0 Å². The zero-order valence-corrected chi connectivity index (χ0v) is 16.1. The molecule has 0 aliphatic carbocycles. The van der Waals surface area contributed by atoms with Crippen molar-refractivity contribution in [1.29, 1.82) is 0 Å². The second-order valence-corrected chi connectivity index (χ2v) is 7.72. The molecule has 0 amide bonds. The molecule has 0 bridgehead atoms. The monoisotopic (exact) mass is 379 g/mol. The van der Waals surface area contributed by atoms with Crippen LogP contribution in [0.25, 0.3) is 0 Å². The van der Waals surface area contributed by atoms with Crippen molar-refractivity contribution < 1.29 is 13.2 Å². The standard InChI is InChI=1S/C22H21NO3S/c1-3-18-15-14-17(2)16-21(18)26-22(19-10-6-4-7-11-19)23-27(24,25)20-12-8-5-9-13-20/h4-16H,3H2,1-2H3. The third kappa shape index (κ3) is 4.63. The molecule has 0 aliphatic heterocycles. The van der Waals surface area contributed by atoms with Crippen molar-refractivity contribution in [1.82, 2.24) is 0 Å². The summed E-state index contributed by atoms with van der Waals surface area (Å²) in [5.74, 6) is 0.670. The average molecular weight is 379 g/mol. The molecule has 3 aromatic carbocycles. The summed E-state index contributed by atoms with van der Waals surface area (Å²) in [7, 11) is -3.89. The Morgan fingerprint density at radius 3 is 2.19 bits per heavy atom. The van der Waals surface area contributed by atoms with Gasteiger partial charge >= 0.3 is 0 Å². The van der Waals surface area contributed by atoms with Crippen LogP contribution < -0.4 is 4.74 Å². The minimum Gasteiger partial charge on any atom is -0.437 e. The van der Waals surface area contributed by atoms with Crippen LogP contribution in [-0.4, -0.2) is 14.3 Å². The third-order valence-corrected chi connectivity index (χ3v) is 5.35. The van der Waals surface area contributed by atoms with Crippen molar-refractivity contribution in [3.63, 3.8) is 0 Å². The molecule has 0 aliphatic rings. The largest absolute Gasteiger partial charge is 0.437 e.